The summed E-state index contributed by atoms with van der Waals surface area (Å²) in [5.41, 5.74) is 0.905. The summed E-state index contributed by atoms with van der Waals surface area (Å²) in [4.78, 5) is 11.7. The van der Waals surface area contributed by atoms with Crippen molar-refractivity contribution in [2.75, 3.05) is 13.2 Å². The van der Waals surface area contributed by atoms with Crippen LogP contribution in [0.15, 0.2) is 34.7 Å². The number of aliphatic hydroxyl groups is 1. The number of carbonyl (C=O) groups is 1. The van der Waals surface area contributed by atoms with Crippen molar-refractivity contribution in [2.45, 2.75) is 26.5 Å². The maximum absolute atomic E-state index is 12.8. The van der Waals surface area contributed by atoms with Crippen molar-refractivity contribution in [2.24, 2.45) is 0 Å². The molecule has 1 heterocycles. The Labute approximate surface area is 139 Å². The van der Waals surface area contributed by atoms with Crippen LogP contribution >= 0.6 is 0 Å². The minimum absolute atomic E-state index is 0.00799. The minimum Gasteiger partial charge on any atom is -0.491 e. The van der Waals surface area contributed by atoms with Gasteiger partial charge in [-0.15, -0.1) is 0 Å². The van der Waals surface area contributed by atoms with Crippen LogP contribution in [0.1, 0.15) is 17.1 Å². The summed E-state index contributed by atoms with van der Waals surface area (Å²) in [6.07, 6.45) is -0.876. The van der Waals surface area contributed by atoms with Crippen LogP contribution in [0.4, 0.5) is 9.18 Å². The van der Waals surface area contributed by atoms with Gasteiger partial charge >= 0.3 is 6.03 Å². The molecule has 1 atom stereocenters. The molecule has 0 aliphatic rings. The third kappa shape index (κ3) is 5.58. The van der Waals surface area contributed by atoms with Crippen molar-refractivity contribution in [3.8, 4) is 5.75 Å². The van der Waals surface area contributed by atoms with E-state index in [-0.39, 0.29) is 19.0 Å². The first kappa shape index (κ1) is 17.8. The lowest BCUT2D eigenvalue weighted by atomic mass is 10.2. The lowest BCUT2D eigenvalue weighted by molar-refractivity contribution is 0.108. The normalized spacial score (nSPS) is 11.8. The molecular weight excluding hydrogens is 315 g/mol. The fourth-order valence-electron chi connectivity index (χ4n) is 2.09. The van der Waals surface area contributed by atoms with E-state index in [9.17, 15) is 14.3 Å². The van der Waals surface area contributed by atoms with E-state index in [2.05, 4.69) is 10.6 Å². The monoisotopic (exact) mass is 336 g/mol. The number of aryl methyl sites for hydroxylation is 2. The Balaban J connectivity index is 1.65. The molecule has 1 aromatic carbocycles. The van der Waals surface area contributed by atoms with Gasteiger partial charge in [-0.2, -0.15) is 0 Å². The van der Waals surface area contributed by atoms with E-state index in [0.717, 1.165) is 17.1 Å². The third-order valence-corrected chi connectivity index (χ3v) is 3.34. The molecule has 0 radical (unpaired) electrons. The van der Waals surface area contributed by atoms with Gasteiger partial charge in [-0.3, -0.25) is 0 Å². The van der Waals surface area contributed by atoms with Gasteiger partial charge in [-0.05, 0) is 44.2 Å². The molecule has 0 fully saturated rings. The van der Waals surface area contributed by atoms with E-state index in [4.69, 9.17) is 9.15 Å². The molecule has 3 N–H and O–H groups in total. The quantitative estimate of drug-likeness (QED) is 0.724. The zero-order valence-electron chi connectivity index (χ0n) is 13.6. The second-order valence-electron chi connectivity index (χ2n) is 5.42. The van der Waals surface area contributed by atoms with Crippen molar-refractivity contribution in [3.63, 3.8) is 0 Å². The van der Waals surface area contributed by atoms with Crippen LogP contribution in [0, 0.1) is 19.7 Å². The SMILES string of the molecule is Cc1cc(CNC(=O)NCC(O)COc2ccc(F)cc2)c(C)o1. The van der Waals surface area contributed by atoms with Gasteiger partial charge in [-0.1, -0.05) is 0 Å². The molecule has 130 valence electrons. The molecule has 1 unspecified atom stereocenters. The Morgan fingerprint density at radius 2 is 2.00 bits per heavy atom. The van der Waals surface area contributed by atoms with Crippen molar-refractivity contribution >= 4 is 6.03 Å². The Kier molecular flexibility index (Phi) is 6.20. The highest BCUT2D eigenvalue weighted by atomic mass is 19.1. The predicted molar refractivity (Wildman–Crippen MR) is 86.3 cm³/mol. The fraction of sp³-hybridized carbons (Fsp3) is 0.353. The van der Waals surface area contributed by atoms with Gasteiger partial charge in [-0.25, -0.2) is 9.18 Å². The summed E-state index contributed by atoms with van der Waals surface area (Å²) < 4.78 is 23.4. The van der Waals surface area contributed by atoms with Gasteiger partial charge in [0.25, 0.3) is 0 Å². The fourth-order valence-corrected chi connectivity index (χ4v) is 2.09. The molecule has 0 aliphatic carbocycles. The predicted octanol–water partition coefficient (Wildman–Crippen LogP) is 2.27. The average molecular weight is 336 g/mol. The lowest BCUT2D eigenvalue weighted by Crippen LogP contribution is -2.41. The molecule has 0 aliphatic heterocycles. The van der Waals surface area contributed by atoms with Crippen LogP contribution in [0.2, 0.25) is 0 Å². The number of carbonyl (C=O) groups excluding carboxylic acids is 1. The number of urea groups is 1. The van der Waals surface area contributed by atoms with E-state index in [1.54, 1.807) is 0 Å². The van der Waals surface area contributed by atoms with Crippen LogP contribution < -0.4 is 15.4 Å². The molecule has 0 saturated carbocycles. The van der Waals surface area contributed by atoms with Crippen LogP contribution in [0.25, 0.3) is 0 Å². The van der Waals surface area contributed by atoms with E-state index >= 15 is 0 Å². The molecule has 0 saturated heterocycles. The van der Waals surface area contributed by atoms with Crippen molar-refractivity contribution in [3.05, 3.63) is 53.2 Å². The topological polar surface area (TPSA) is 83.7 Å². The number of furan rings is 1. The number of nitrogens with one attached hydrogen (secondary N) is 2. The van der Waals surface area contributed by atoms with Gasteiger partial charge in [0.1, 0.15) is 35.8 Å². The highest BCUT2D eigenvalue weighted by Crippen LogP contribution is 2.13. The van der Waals surface area contributed by atoms with Crippen molar-refractivity contribution in [1.29, 1.82) is 0 Å². The Morgan fingerprint density at radius 3 is 2.62 bits per heavy atom. The highest BCUT2D eigenvalue weighted by Gasteiger charge is 2.10. The maximum Gasteiger partial charge on any atom is 0.315 e. The molecule has 2 amide bonds. The molecule has 2 rings (SSSR count). The first-order chi connectivity index (χ1) is 11.4. The molecule has 0 bridgehead atoms. The van der Waals surface area contributed by atoms with E-state index < -0.39 is 12.1 Å². The van der Waals surface area contributed by atoms with Crippen molar-refractivity contribution < 1.29 is 23.4 Å². The zero-order chi connectivity index (χ0) is 17.5. The number of benzene rings is 1. The maximum atomic E-state index is 12.8. The second-order valence-corrected chi connectivity index (χ2v) is 5.42. The van der Waals surface area contributed by atoms with Gasteiger partial charge in [0, 0.05) is 18.7 Å². The zero-order valence-corrected chi connectivity index (χ0v) is 13.6. The van der Waals surface area contributed by atoms with Gasteiger partial charge in [0.2, 0.25) is 0 Å². The first-order valence-corrected chi connectivity index (χ1v) is 7.58. The second kappa shape index (κ2) is 8.35. The van der Waals surface area contributed by atoms with Gasteiger partial charge in [0.15, 0.2) is 0 Å². The summed E-state index contributed by atoms with van der Waals surface area (Å²) in [5, 5.41) is 15.0. The smallest absolute Gasteiger partial charge is 0.315 e. The van der Waals surface area contributed by atoms with E-state index in [0.29, 0.717) is 12.3 Å². The van der Waals surface area contributed by atoms with Crippen LogP contribution in [0.3, 0.4) is 0 Å². The van der Waals surface area contributed by atoms with Crippen molar-refractivity contribution in [1.82, 2.24) is 10.6 Å². The van der Waals surface area contributed by atoms with E-state index in [1.165, 1.54) is 24.3 Å². The van der Waals surface area contributed by atoms with Crippen LogP contribution in [-0.4, -0.2) is 30.4 Å². The molecule has 2 aromatic rings. The molecular formula is C17H21FN2O4. The summed E-state index contributed by atoms with van der Waals surface area (Å²) in [7, 11) is 0. The standard InChI is InChI=1S/C17H21FN2O4/c1-11-7-13(12(2)24-11)8-19-17(22)20-9-15(21)10-23-16-5-3-14(18)4-6-16/h3-7,15,21H,8-10H2,1-2H3,(H2,19,20,22). The summed E-state index contributed by atoms with van der Waals surface area (Å²) in [6, 6.07) is 6.95. The Hall–Kier alpha value is -2.54. The number of rotatable bonds is 7. The summed E-state index contributed by atoms with van der Waals surface area (Å²) >= 11 is 0. The number of amides is 2. The Morgan fingerprint density at radius 1 is 1.29 bits per heavy atom. The molecule has 7 heteroatoms. The highest BCUT2D eigenvalue weighted by molar-refractivity contribution is 5.73. The minimum atomic E-state index is -0.876. The lowest BCUT2D eigenvalue weighted by Gasteiger charge is -2.13. The number of hydrogen-bond acceptors (Lipinski definition) is 4. The number of ether oxygens (including phenoxy) is 1. The van der Waals surface area contributed by atoms with E-state index in [1.807, 2.05) is 19.9 Å². The summed E-state index contributed by atoms with van der Waals surface area (Å²) in [6.45, 7) is 4.05. The average Bonchev–Trinajstić information content (AvgIpc) is 2.88. The Bertz CT molecular complexity index is 670. The molecule has 1 aromatic heterocycles. The number of hydrogen-bond donors (Lipinski definition) is 3. The largest absolute Gasteiger partial charge is 0.491 e. The van der Waals surface area contributed by atoms with Gasteiger partial charge < -0.3 is 24.9 Å². The van der Waals surface area contributed by atoms with Gasteiger partial charge in [0.05, 0.1) is 0 Å². The van der Waals surface area contributed by atoms with Crippen LogP contribution in [-0.2, 0) is 6.54 Å². The molecule has 0 spiro atoms. The number of aliphatic hydroxyl groups excluding tert-OH is 1. The number of halogens is 1. The molecule has 24 heavy (non-hydrogen) atoms. The first-order valence-electron chi connectivity index (χ1n) is 7.58. The molecule has 6 nitrogen and oxygen atoms in total. The van der Waals surface area contributed by atoms with Crippen LogP contribution in [0.5, 0.6) is 5.75 Å². The third-order valence-electron chi connectivity index (χ3n) is 3.34. The summed E-state index contributed by atoms with van der Waals surface area (Å²) in [5.74, 6) is 1.65.